The van der Waals surface area contributed by atoms with Gasteiger partial charge in [0.25, 0.3) is 0 Å². The molecule has 1 aromatic carbocycles. The molecular formula is C15H19NO5S. The Bertz CT molecular complexity index is 685. The van der Waals surface area contributed by atoms with Crippen molar-refractivity contribution in [3.8, 4) is 11.5 Å². The first-order valence-corrected chi connectivity index (χ1v) is 9.11. The third-order valence-electron chi connectivity index (χ3n) is 4.11. The molecule has 2 aliphatic rings. The van der Waals surface area contributed by atoms with E-state index in [1.165, 1.54) is 0 Å². The lowest BCUT2D eigenvalue weighted by Gasteiger charge is -2.24. The number of fused-ring (bicyclic) bond motifs is 1. The zero-order valence-electron chi connectivity index (χ0n) is 12.4. The van der Waals surface area contributed by atoms with Crippen molar-refractivity contribution in [2.24, 2.45) is 0 Å². The van der Waals surface area contributed by atoms with E-state index in [1.54, 1.807) is 18.0 Å². The van der Waals surface area contributed by atoms with Gasteiger partial charge in [-0.15, -0.1) is 0 Å². The van der Waals surface area contributed by atoms with E-state index in [9.17, 15) is 13.2 Å². The summed E-state index contributed by atoms with van der Waals surface area (Å²) in [7, 11) is -1.32. The highest BCUT2D eigenvalue weighted by molar-refractivity contribution is 7.91. The molecule has 0 N–H and O–H groups in total. The number of carbonyl (C=O) groups is 1. The van der Waals surface area contributed by atoms with E-state index in [0.717, 1.165) is 5.56 Å². The van der Waals surface area contributed by atoms with Crippen LogP contribution in [0.3, 0.4) is 0 Å². The Morgan fingerprint density at radius 3 is 2.68 bits per heavy atom. The summed E-state index contributed by atoms with van der Waals surface area (Å²) in [6, 6.07) is 5.24. The second-order valence-electron chi connectivity index (χ2n) is 5.72. The zero-order chi connectivity index (χ0) is 15.7. The fourth-order valence-corrected chi connectivity index (χ4v) is 4.56. The van der Waals surface area contributed by atoms with Gasteiger partial charge in [0.2, 0.25) is 5.91 Å². The molecule has 1 fully saturated rings. The predicted molar refractivity (Wildman–Crippen MR) is 81.0 cm³/mol. The van der Waals surface area contributed by atoms with Crippen LogP contribution in [-0.2, 0) is 21.1 Å². The predicted octanol–water partition coefficient (Wildman–Crippen LogP) is 0.646. The number of hydrogen-bond acceptors (Lipinski definition) is 5. The van der Waals surface area contributed by atoms with Crippen LogP contribution in [0.15, 0.2) is 18.2 Å². The van der Waals surface area contributed by atoms with Crippen molar-refractivity contribution in [2.45, 2.75) is 18.9 Å². The first-order valence-electron chi connectivity index (χ1n) is 7.29. The summed E-state index contributed by atoms with van der Waals surface area (Å²) in [6.45, 7) is 1.04. The van der Waals surface area contributed by atoms with Crippen LogP contribution in [-0.4, -0.2) is 57.0 Å². The van der Waals surface area contributed by atoms with Gasteiger partial charge in [-0.2, -0.15) is 0 Å². The quantitative estimate of drug-likeness (QED) is 0.816. The Morgan fingerprint density at radius 1 is 1.27 bits per heavy atom. The molecule has 1 saturated heterocycles. The van der Waals surface area contributed by atoms with E-state index in [4.69, 9.17) is 9.47 Å². The van der Waals surface area contributed by atoms with Crippen molar-refractivity contribution in [3.63, 3.8) is 0 Å². The maximum Gasteiger partial charge on any atom is 0.227 e. The fourth-order valence-electron chi connectivity index (χ4n) is 2.78. The lowest BCUT2D eigenvalue weighted by molar-refractivity contribution is -0.130. The molecule has 0 radical (unpaired) electrons. The molecule has 0 spiro atoms. The Labute approximate surface area is 129 Å². The van der Waals surface area contributed by atoms with Crippen LogP contribution in [0.4, 0.5) is 0 Å². The number of hydrogen-bond donors (Lipinski definition) is 0. The number of benzene rings is 1. The topological polar surface area (TPSA) is 72.9 Å². The van der Waals surface area contributed by atoms with Gasteiger partial charge in [0, 0.05) is 13.1 Å². The third-order valence-corrected chi connectivity index (χ3v) is 5.86. The summed E-state index contributed by atoms with van der Waals surface area (Å²) < 4.78 is 34.0. The average Bonchev–Trinajstić information content (AvgIpc) is 2.86. The number of nitrogens with zero attached hydrogens (tertiary/aromatic N) is 1. The summed E-state index contributed by atoms with van der Waals surface area (Å²) in [5, 5.41) is 0. The summed E-state index contributed by atoms with van der Waals surface area (Å²) >= 11 is 0. The van der Waals surface area contributed by atoms with Crippen molar-refractivity contribution in [2.75, 3.05) is 31.8 Å². The van der Waals surface area contributed by atoms with Gasteiger partial charge < -0.3 is 14.4 Å². The van der Waals surface area contributed by atoms with E-state index >= 15 is 0 Å². The highest BCUT2D eigenvalue weighted by atomic mass is 32.2. The van der Waals surface area contributed by atoms with Gasteiger partial charge in [0.05, 0.1) is 17.9 Å². The molecular weight excluding hydrogens is 306 g/mol. The second-order valence-corrected chi connectivity index (χ2v) is 7.95. The molecule has 1 atom stereocenters. The highest BCUT2D eigenvalue weighted by Gasteiger charge is 2.32. The van der Waals surface area contributed by atoms with Gasteiger partial charge >= 0.3 is 0 Å². The Kier molecular flexibility index (Phi) is 3.99. The minimum Gasteiger partial charge on any atom is -0.486 e. The molecule has 6 nitrogen and oxygen atoms in total. The van der Waals surface area contributed by atoms with Crippen LogP contribution in [0.5, 0.6) is 11.5 Å². The van der Waals surface area contributed by atoms with Crippen LogP contribution in [0, 0.1) is 0 Å². The van der Waals surface area contributed by atoms with Crippen LogP contribution < -0.4 is 9.47 Å². The van der Waals surface area contributed by atoms with Crippen LogP contribution >= 0.6 is 0 Å². The second kappa shape index (κ2) is 5.79. The number of amides is 1. The van der Waals surface area contributed by atoms with E-state index in [-0.39, 0.29) is 29.9 Å². The van der Waals surface area contributed by atoms with Crippen LogP contribution in [0.1, 0.15) is 12.0 Å². The SMILES string of the molecule is CN(C(=O)Cc1ccc2c(c1)OCCO2)C1CCS(=O)(=O)C1. The Balaban J connectivity index is 1.66. The molecule has 0 saturated carbocycles. The normalized spacial score (nSPS) is 22.3. The Hall–Kier alpha value is -1.76. The average molecular weight is 325 g/mol. The van der Waals surface area contributed by atoms with Crippen molar-refractivity contribution >= 4 is 15.7 Å². The molecule has 2 aliphatic heterocycles. The molecule has 22 heavy (non-hydrogen) atoms. The van der Waals surface area contributed by atoms with Gasteiger partial charge in [-0.1, -0.05) is 6.07 Å². The van der Waals surface area contributed by atoms with Gasteiger partial charge in [-0.05, 0) is 24.1 Å². The van der Waals surface area contributed by atoms with Crippen LogP contribution in [0.2, 0.25) is 0 Å². The number of likely N-dealkylation sites (N-methyl/N-ethyl adjacent to an activating group) is 1. The first-order chi connectivity index (χ1) is 10.4. The van der Waals surface area contributed by atoms with E-state index < -0.39 is 9.84 Å². The molecule has 0 bridgehead atoms. The minimum absolute atomic E-state index is 0.0659. The highest BCUT2D eigenvalue weighted by Crippen LogP contribution is 2.31. The maximum atomic E-state index is 12.3. The van der Waals surface area contributed by atoms with E-state index in [0.29, 0.717) is 31.1 Å². The van der Waals surface area contributed by atoms with Gasteiger partial charge in [-0.25, -0.2) is 8.42 Å². The zero-order valence-corrected chi connectivity index (χ0v) is 13.3. The molecule has 1 amide bonds. The third kappa shape index (κ3) is 3.19. The van der Waals surface area contributed by atoms with Crippen molar-refractivity contribution in [3.05, 3.63) is 23.8 Å². The van der Waals surface area contributed by atoms with E-state index in [2.05, 4.69) is 0 Å². The number of ether oxygens (including phenoxy) is 2. The summed E-state index contributed by atoms with van der Waals surface area (Å²) in [5.74, 6) is 1.49. The minimum atomic E-state index is -2.99. The fraction of sp³-hybridized carbons (Fsp3) is 0.533. The van der Waals surface area contributed by atoms with Crippen molar-refractivity contribution < 1.29 is 22.7 Å². The summed E-state index contributed by atoms with van der Waals surface area (Å²) in [5.41, 5.74) is 0.835. The van der Waals surface area contributed by atoms with Gasteiger partial charge in [0.1, 0.15) is 13.2 Å². The molecule has 3 rings (SSSR count). The van der Waals surface area contributed by atoms with Crippen molar-refractivity contribution in [1.82, 2.24) is 4.90 Å². The first kappa shape index (κ1) is 15.1. The van der Waals surface area contributed by atoms with Crippen LogP contribution in [0.25, 0.3) is 0 Å². The van der Waals surface area contributed by atoms with E-state index in [1.807, 2.05) is 12.1 Å². The standard InChI is InChI=1S/C15H19NO5S/c1-16(12-4-7-22(18,19)10-12)15(17)9-11-2-3-13-14(8-11)21-6-5-20-13/h2-3,8,12H,4-7,9-10H2,1H3. The maximum absolute atomic E-state index is 12.3. The molecule has 0 aromatic heterocycles. The van der Waals surface area contributed by atoms with Crippen molar-refractivity contribution in [1.29, 1.82) is 0 Å². The molecule has 1 unspecified atom stereocenters. The van der Waals surface area contributed by atoms with Gasteiger partial charge in [0.15, 0.2) is 21.3 Å². The number of rotatable bonds is 3. The monoisotopic (exact) mass is 325 g/mol. The number of sulfone groups is 1. The molecule has 120 valence electrons. The lowest BCUT2D eigenvalue weighted by Crippen LogP contribution is -2.38. The number of carbonyl (C=O) groups excluding carboxylic acids is 1. The molecule has 0 aliphatic carbocycles. The molecule has 1 aromatic rings. The summed E-state index contributed by atoms with van der Waals surface area (Å²) in [6.07, 6.45) is 0.745. The largest absolute Gasteiger partial charge is 0.486 e. The smallest absolute Gasteiger partial charge is 0.227 e. The van der Waals surface area contributed by atoms with Gasteiger partial charge in [-0.3, -0.25) is 4.79 Å². The Morgan fingerprint density at radius 2 is 2.00 bits per heavy atom. The lowest BCUT2D eigenvalue weighted by atomic mass is 10.1. The summed E-state index contributed by atoms with van der Waals surface area (Å²) in [4.78, 5) is 13.9. The molecule has 7 heteroatoms. The molecule has 2 heterocycles.